The minimum absolute atomic E-state index is 0.162. The summed E-state index contributed by atoms with van der Waals surface area (Å²) in [6, 6.07) is 1.52. The molecule has 0 aliphatic heterocycles. The van der Waals surface area contributed by atoms with Crippen molar-refractivity contribution in [3.63, 3.8) is 0 Å². The molecule has 17 heavy (non-hydrogen) atoms. The second kappa shape index (κ2) is 7.19. The predicted octanol–water partition coefficient (Wildman–Crippen LogP) is 1.97. The van der Waals surface area contributed by atoms with Crippen molar-refractivity contribution >= 4 is 35.0 Å². The fraction of sp³-hybridized carbons (Fsp3) is 0.273. The number of thioether (sulfide) groups is 1. The van der Waals surface area contributed by atoms with Gasteiger partial charge in [0.15, 0.2) is 0 Å². The van der Waals surface area contributed by atoms with E-state index in [0.717, 1.165) is 11.5 Å². The van der Waals surface area contributed by atoms with Crippen molar-refractivity contribution in [1.82, 2.24) is 10.3 Å². The Bertz CT molecular complexity index is 412. The summed E-state index contributed by atoms with van der Waals surface area (Å²) in [4.78, 5) is 15.5. The molecule has 0 fully saturated rings. The number of nitrogens with one attached hydrogen (secondary N) is 1. The highest BCUT2D eigenvalue weighted by Gasteiger charge is 2.10. The molecule has 3 N–H and O–H groups in total. The van der Waals surface area contributed by atoms with E-state index >= 15 is 0 Å². The molecule has 0 saturated heterocycles. The lowest BCUT2D eigenvalue weighted by atomic mass is 10.2. The third-order valence-corrected chi connectivity index (χ3v) is 3.14. The van der Waals surface area contributed by atoms with Crippen LogP contribution in [0.15, 0.2) is 24.9 Å². The monoisotopic (exact) mass is 271 g/mol. The zero-order valence-electron chi connectivity index (χ0n) is 9.28. The van der Waals surface area contributed by atoms with E-state index in [9.17, 15) is 4.79 Å². The molecule has 0 aliphatic carbocycles. The van der Waals surface area contributed by atoms with Crippen LogP contribution in [0.4, 0.5) is 5.69 Å². The van der Waals surface area contributed by atoms with Crippen LogP contribution >= 0.6 is 23.4 Å². The topological polar surface area (TPSA) is 68.0 Å². The average molecular weight is 272 g/mol. The van der Waals surface area contributed by atoms with E-state index in [0.29, 0.717) is 17.8 Å². The van der Waals surface area contributed by atoms with Gasteiger partial charge in [-0.2, -0.15) is 11.8 Å². The number of hydrogen-bond acceptors (Lipinski definition) is 4. The third-order valence-electron chi connectivity index (χ3n) is 1.87. The van der Waals surface area contributed by atoms with Gasteiger partial charge in [-0.15, -0.1) is 6.58 Å². The fourth-order valence-corrected chi connectivity index (χ4v) is 1.89. The minimum atomic E-state index is -0.256. The van der Waals surface area contributed by atoms with Crippen LogP contribution in [0.25, 0.3) is 0 Å². The Balaban J connectivity index is 2.46. The van der Waals surface area contributed by atoms with E-state index in [1.165, 1.54) is 12.3 Å². The number of rotatable bonds is 6. The van der Waals surface area contributed by atoms with Crippen LogP contribution in [-0.2, 0) is 0 Å². The van der Waals surface area contributed by atoms with Gasteiger partial charge in [0.25, 0.3) is 5.91 Å². The number of anilines is 1. The van der Waals surface area contributed by atoms with E-state index in [1.807, 2.05) is 6.08 Å². The second-order valence-corrected chi connectivity index (χ2v) is 4.73. The Hall–Kier alpha value is -1.20. The Morgan fingerprint density at radius 2 is 2.47 bits per heavy atom. The van der Waals surface area contributed by atoms with Crippen molar-refractivity contribution < 1.29 is 4.79 Å². The number of pyridine rings is 1. The molecule has 0 aromatic carbocycles. The van der Waals surface area contributed by atoms with Crippen LogP contribution in [-0.4, -0.2) is 28.9 Å². The summed E-state index contributed by atoms with van der Waals surface area (Å²) in [7, 11) is 0. The first-order valence-electron chi connectivity index (χ1n) is 5.03. The van der Waals surface area contributed by atoms with Crippen molar-refractivity contribution in [3.05, 3.63) is 35.6 Å². The lowest BCUT2D eigenvalue weighted by Gasteiger charge is -2.06. The highest BCUT2D eigenvalue weighted by molar-refractivity contribution is 7.99. The SMILES string of the molecule is C=CCSCCNC(=O)c1cc(N)cnc1Cl. The number of nitrogen functional groups attached to an aromatic ring is 1. The third kappa shape index (κ3) is 4.66. The lowest BCUT2D eigenvalue weighted by molar-refractivity contribution is 0.0956. The normalized spacial score (nSPS) is 9.94. The number of nitrogens with zero attached hydrogens (tertiary/aromatic N) is 1. The number of aromatic nitrogens is 1. The quantitative estimate of drug-likeness (QED) is 0.472. The van der Waals surface area contributed by atoms with E-state index in [4.69, 9.17) is 17.3 Å². The van der Waals surface area contributed by atoms with Gasteiger partial charge in [-0.25, -0.2) is 4.98 Å². The first-order chi connectivity index (χ1) is 8.15. The number of carbonyl (C=O) groups is 1. The molecule has 1 heterocycles. The Morgan fingerprint density at radius 3 is 3.18 bits per heavy atom. The smallest absolute Gasteiger partial charge is 0.254 e. The Kier molecular flexibility index (Phi) is 5.86. The molecule has 0 radical (unpaired) electrons. The van der Waals surface area contributed by atoms with Crippen LogP contribution in [0, 0.1) is 0 Å². The van der Waals surface area contributed by atoms with Crippen LogP contribution in [0.3, 0.4) is 0 Å². The number of halogens is 1. The van der Waals surface area contributed by atoms with E-state index in [-0.39, 0.29) is 11.1 Å². The zero-order valence-corrected chi connectivity index (χ0v) is 10.9. The highest BCUT2D eigenvalue weighted by atomic mass is 35.5. The summed E-state index contributed by atoms with van der Waals surface area (Å²) in [6.45, 7) is 4.19. The second-order valence-electron chi connectivity index (χ2n) is 3.23. The molecule has 6 heteroatoms. The molecule has 1 amide bonds. The highest BCUT2D eigenvalue weighted by Crippen LogP contribution is 2.15. The van der Waals surface area contributed by atoms with Gasteiger partial charge in [-0.05, 0) is 6.07 Å². The van der Waals surface area contributed by atoms with Gasteiger partial charge >= 0.3 is 0 Å². The van der Waals surface area contributed by atoms with Gasteiger partial charge in [-0.3, -0.25) is 4.79 Å². The predicted molar refractivity (Wildman–Crippen MR) is 73.5 cm³/mol. The van der Waals surface area contributed by atoms with Crippen molar-refractivity contribution in [2.75, 3.05) is 23.8 Å². The van der Waals surface area contributed by atoms with Crippen molar-refractivity contribution in [3.8, 4) is 0 Å². The maximum absolute atomic E-state index is 11.7. The molecular weight excluding hydrogens is 258 g/mol. The number of amides is 1. The van der Waals surface area contributed by atoms with Gasteiger partial charge in [0.2, 0.25) is 0 Å². The van der Waals surface area contributed by atoms with E-state index in [2.05, 4.69) is 16.9 Å². The molecule has 0 aliphatic rings. The van der Waals surface area contributed by atoms with Gasteiger partial charge < -0.3 is 11.1 Å². The summed E-state index contributed by atoms with van der Waals surface area (Å²) in [5.41, 5.74) is 6.27. The molecule has 0 saturated carbocycles. The molecule has 0 spiro atoms. The molecule has 1 aromatic heterocycles. The molecule has 4 nitrogen and oxygen atoms in total. The lowest BCUT2D eigenvalue weighted by Crippen LogP contribution is -2.26. The fourth-order valence-electron chi connectivity index (χ4n) is 1.12. The van der Waals surface area contributed by atoms with Crippen molar-refractivity contribution in [2.24, 2.45) is 0 Å². The molecule has 92 valence electrons. The maximum Gasteiger partial charge on any atom is 0.254 e. The Labute approximate surface area is 110 Å². The van der Waals surface area contributed by atoms with E-state index < -0.39 is 0 Å². The number of hydrogen-bond donors (Lipinski definition) is 2. The summed E-state index contributed by atoms with van der Waals surface area (Å²) in [6.07, 6.45) is 3.24. The van der Waals surface area contributed by atoms with Crippen molar-refractivity contribution in [2.45, 2.75) is 0 Å². The van der Waals surface area contributed by atoms with Gasteiger partial charge in [0, 0.05) is 18.1 Å². The largest absolute Gasteiger partial charge is 0.397 e. The Morgan fingerprint density at radius 1 is 1.71 bits per heavy atom. The van der Waals surface area contributed by atoms with Crippen molar-refractivity contribution in [1.29, 1.82) is 0 Å². The molecule has 1 rings (SSSR count). The summed E-state index contributed by atoms with van der Waals surface area (Å²) < 4.78 is 0. The van der Waals surface area contributed by atoms with Crippen LogP contribution in [0.2, 0.25) is 5.15 Å². The van der Waals surface area contributed by atoms with Gasteiger partial charge in [0.1, 0.15) is 5.15 Å². The molecule has 1 aromatic rings. The molecule has 0 unspecified atom stereocenters. The van der Waals surface area contributed by atoms with Crippen LogP contribution in [0.1, 0.15) is 10.4 Å². The first kappa shape index (κ1) is 13.9. The number of carbonyl (C=O) groups excluding carboxylic acids is 1. The number of nitrogens with two attached hydrogens (primary N) is 1. The van der Waals surface area contributed by atoms with Gasteiger partial charge in [0.05, 0.1) is 17.4 Å². The first-order valence-corrected chi connectivity index (χ1v) is 6.56. The van der Waals surface area contributed by atoms with Gasteiger partial charge in [-0.1, -0.05) is 17.7 Å². The zero-order chi connectivity index (χ0) is 12.7. The van der Waals surface area contributed by atoms with E-state index in [1.54, 1.807) is 11.8 Å². The standard InChI is InChI=1S/C11H14ClN3OS/c1-2-4-17-5-3-14-11(16)9-6-8(13)7-15-10(9)12/h2,6-7H,1,3-5,13H2,(H,14,16). The minimum Gasteiger partial charge on any atom is -0.397 e. The summed E-state index contributed by atoms with van der Waals surface area (Å²) in [5, 5.41) is 2.91. The molecular formula is C11H14ClN3OS. The van der Waals surface area contributed by atoms with Crippen LogP contribution in [0.5, 0.6) is 0 Å². The summed E-state index contributed by atoms with van der Waals surface area (Å²) >= 11 is 7.50. The van der Waals surface area contributed by atoms with Crippen LogP contribution < -0.4 is 11.1 Å². The molecule has 0 bridgehead atoms. The average Bonchev–Trinajstić information content (AvgIpc) is 2.32. The maximum atomic E-state index is 11.7. The molecule has 0 atom stereocenters. The summed E-state index contributed by atoms with van der Waals surface area (Å²) in [5.74, 6) is 1.44.